The van der Waals surface area contributed by atoms with Gasteiger partial charge < -0.3 is 9.30 Å². The Balaban J connectivity index is 0.00000155. The molecule has 0 saturated carbocycles. The summed E-state index contributed by atoms with van der Waals surface area (Å²) in [4.78, 5) is 0. The summed E-state index contributed by atoms with van der Waals surface area (Å²) in [6.07, 6.45) is 5.34. The van der Waals surface area contributed by atoms with Gasteiger partial charge in [0.05, 0.1) is 7.11 Å². The van der Waals surface area contributed by atoms with E-state index >= 15 is 0 Å². The smallest absolute Gasteiger partial charge is 0.264 e. The summed E-state index contributed by atoms with van der Waals surface area (Å²) < 4.78 is 8.06. The summed E-state index contributed by atoms with van der Waals surface area (Å²) in [5.41, 5.74) is 4.96. The first-order valence-corrected chi connectivity index (χ1v) is 11.3. The molecule has 3 aromatic rings. The molecule has 0 atom stereocenters. The van der Waals surface area contributed by atoms with Crippen LogP contribution in [-0.2, 0) is 13.0 Å². The number of unbranched alkanes of at least 4 members (excludes halogenated alkanes) is 2. The van der Waals surface area contributed by atoms with Gasteiger partial charge in [-0.2, -0.15) is 0 Å². The number of rotatable bonds is 9. The Hall–Kier alpha value is -2.67. The van der Waals surface area contributed by atoms with Gasteiger partial charge in [-0.3, -0.25) is 0 Å². The van der Waals surface area contributed by atoms with Crippen LogP contribution in [0.4, 0.5) is 0 Å². The lowest BCUT2D eigenvalue weighted by molar-refractivity contribution is 0.410. The molecular formula is C26H35BN2O. The van der Waals surface area contributed by atoms with E-state index in [0.717, 1.165) is 44.3 Å². The lowest BCUT2D eigenvalue weighted by atomic mass is 9.51. The molecule has 0 bridgehead atoms. The topological polar surface area (TPSA) is 38.0 Å². The van der Waals surface area contributed by atoms with Crippen molar-refractivity contribution in [3.8, 4) is 23.0 Å². The molecule has 30 heavy (non-hydrogen) atoms. The number of nitrogens with zero attached hydrogens (tertiary/aromatic N) is 2. The maximum Gasteiger partial charge on any atom is 0.264 e. The number of aromatic nitrogens is 1. The second kappa shape index (κ2) is 12.1. The quantitative estimate of drug-likeness (QED) is 0.279. The highest BCUT2D eigenvalue weighted by Gasteiger charge is 2.13. The standard InChI is InChI=1S/C24H29BN2O.C2H6/c1-4-19-12-13-21(17-24(19)28-3)23-16-20-10-6-7-11-22(20)27(23)15-9-5-8-14-25(2)18-26;1-2/h6-7,10-13,16-17H,4-5,8-9,14-15H2,1-3H3;1-2H3. The van der Waals surface area contributed by atoms with Gasteiger partial charge in [0.2, 0.25) is 0 Å². The lowest BCUT2D eigenvalue weighted by Gasteiger charge is -2.13. The van der Waals surface area contributed by atoms with Crippen LogP contribution in [0, 0.1) is 11.2 Å². The van der Waals surface area contributed by atoms with Crippen LogP contribution in [0.2, 0.25) is 13.1 Å². The second-order valence-electron chi connectivity index (χ2n) is 7.50. The fourth-order valence-electron chi connectivity index (χ4n) is 3.85. The highest BCUT2D eigenvalue weighted by Crippen LogP contribution is 2.32. The van der Waals surface area contributed by atoms with Crippen molar-refractivity contribution in [2.45, 2.75) is 66.1 Å². The second-order valence-corrected chi connectivity index (χ2v) is 7.50. The summed E-state index contributed by atoms with van der Waals surface area (Å²) in [5.74, 6) is 3.29. The number of aryl methyl sites for hydroxylation is 2. The van der Waals surface area contributed by atoms with Crippen molar-refractivity contribution in [2.24, 2.45) is 0 Å². The number of benzene rings is 2. The van der Waals surface area contributed by atoms with Gasteiger partial charge >= 0.3 is 0 Å². The molecule has 0 fully saturated rings. The average molecular weight is 402 g/mol. The first-order chi connectivity index (χ1) is 14.7. The van der Waals surface area contributed by atoms with Gasteiger partial charge in [-0.1, -0.05) is 77.1 Å². The molecule has 0 aliphatic carbocycles. The summed E-state index contributed by atoms with van der Waals surface area (Å²) in [7, 11) is 1.75. The minimum Gasteiger partial charge on any atom is -0.496 e. The maximum atomic E-state index is 8.94. The monoisotopic (exact) mass is 402 g/mol. The van der Waals surface area contributed by atoms with Crippen LogP contribution < -0.4 is 4.74 Å². The molecule has 0 aliphatic heterocycles. The number of nitriles is 1. The molecule has 3 nitrogen and oxygen atoms in total. The van der Waals surface area contributed by atoms with Crippen molar-refractivity contribution < 1.29 is 4.74 Å². The first kappa shape index (κ1) is 23.6. The number of methoxy groups -OCH3 is 1. The van der Waals surface area contributed by atoms with E-state index in [1.807, 2.05) is 20.7 Å². The van der Waals surface area contributed by atoms with E-state index in [-0.39, 0.29) is 6.71 Å². The summed E-state index contributed by atoms with van der Waals surface area (Å²) in [5, 5.41) is 10.2. The minimum atomic E-state index is 0.160. The number of fused-ring (bicyclic) bond motifs is 1. The fourth-order valence-corrected chi connectivity index (χ4v) is 3.85. The fraction of sp³-hybridized carbons (Fsp3) is 0.423. The molecular weight excluding hydrogens is 367 g/mol. The number of hydrogen-bond acceptors (Lipinski definition) is 2. The van der Waals surface area contributed by atoms with Crippen LogP contribution in [0.15, 0.2) is 48.5 Å². The van der Waals surface area contributed by atoms with Crippen LogP contribution in [0.3, 0.4) is 0 Å². The van der Waals surface area contributed by atoms with Gasteiger partial charge in [0, 0.05) is 34.7 Å². The van der Waals surface area contributed by atoms with E-state index in [9.17, 15) is 0 Å². The van der Waals surface area contributed by atoms with Crippen LogP contribution in [0.5, 0.6) is 5.75 Å². The van der Waals surface area contributed by atoms with E-state index in [1.165, 1.54) is 27.7 Å². The SMILES string of the molecule is CC.CCc1ccc(-c2cc3ccccc3n2CCCCCB(C)C#N)cc1OC. The Kier molecular flexibility index (Phi) is 9.54. The molecule has 1 aromatic heterocycles. The van der Waals surface area contributed by atoms with E-state index in [0.29, 0.717) is 0 Å². The first-order valence-electron chi connectivity index (χ1n) is 11.3. The molecule has 4 heteroatoms. The van der Waals surface area contributed by atoms with Gasteiger partial charge in [-0.25, -0.2) is 5.26 Å². The Bertz CT molecular complexity index is 971. The molecule has 3 rings (SSSR count). The van der Waals surface area contributed by atoms with E-state index < -0.39 is 0 Å². The average Bonchev–Trinajstić information content (AvgIpc) is 3.18. The van der Waals surface area contributed by atoms with E-state index in [4.69, 9.17) is 10.00 Å². The van der Waals surface area contributed by atoms with Crippen LogP contribution in [-0.4, -0.2) is 18.4 Å². The molecule has 0 aliphatic rings. The third-order valence-electron chi connectivity index (χ3n) is 5.51. The number of para-hydroxylation sites is 1. The third-order valence-corrected chi connectivity index (χ3v) is 5.51. The van der Waals surface area contributed by atoms with Crippen LogP contribution in [0.25, 0.3) is 22.2 Å². The maximum absolute atomic E-state index is 8.94. The zero-order valence-corrected chi connectivity index (χ0v) is 19.2. The van der Waals surface area contributed by atoms with Gasteiger partial charge in [-0.05, 0) is 36.6 Å². The van der Waals surface area contributed by atoms with Crippen molar-refractivity contribution in [3.63, 3.8) is 0 Å². The molecule has 1 heterocycles. The van der Waals surface area contributed by atoms with E-state index in [1.54, 1.807) is 7.11 Å². The summed E-state index contributed by atoms with van der Waals surface area (Å²) >= 11 is 0. The van der Waals surface area contributed by atoms with Gasteiger partial charge in [0.15, 0.2) is 0 Å². The normalized spacial score (nSPS) is 10.3. The van der Waals surface area contributed by atoms with Crippen molar-refractivity contribution in [1.29, 1.82) is 5.26 Å². The zero-order chi connectivity index (χ0) is 21.9. The van der Waals surface area contributed by atoms with E-state index in [2.05, 4.69) is 66.0 Å². The molecule has 158 valence electrons. The van der Waals surface area contributed by atoms with Crippen molar-refractivity contribution >= 4 is 17.6 Å². The van der Waals surface area contributed by atoms with Gasteiger partial charge in [-0.15, -0.1) is 0 Å². The highest BCUT2D eigenvalue weighted by atomic mass is 16.5. The Morgan fingerprint density at radius 3 is 2.50 bits per heavy atom. The Labute approximate surface area is 182 Å². The third kappa shape index (κ3) is 5.69. The predicted octanol–water partition coefficient (Wildman–Crippen LogP) is 7.26. The van der Waals surface area contributed by atoms with Crippen molar-refractivity contribution in [2.75, 3.05) is 7.11 Å². The zero-order valence-electron chi connectivity index (χ0n) is 19.2. The molecule has 0 radical (unpaired) electrons. The lowest BCUT2D eigenvalue weighted by Crippen LogP contribution is -2.04. The summed E-state index contributed by atoms with van der Waals surface area (Å²) in [6, 6.07) is 17.4. The molecule has 0 amide bonds. The van der Waals surface area contributed by atoms with Crippen LogP contribution >= 0.6 is 0 Å². The minimum absolute atomic E-state index is 0.160. The largest absolute Gasteiger partial charge is 0.496 e. The van der Waals surface area contributed by atoms with Gasteiger partial charge in [0.1, 0.15) is 5.75 Å². The molecule has 2 aromatic carbocycles. The summed E-state index contributed by atoms with van der Waals surface area (Å²) in [6.45, 7) is 9.31. The number of hydrogen-bond donors (Lipinski definition) is 0. The molecule has 0 spiro atoms. The molecule has 0 N–H and O–H groups in total. The highest BCUT2D eigenvalue weighted by molar-refractivity contribution is 6.65. The predicted molar refractivity (Wildman–Crippen MR) is 131 cm³/mol. The molecule has 0 saturated heterocycles. The van der Waals surface area contributed by atoms with Crippen molar-refractivity contribution in [3.05, 3.63) is 54.1 Å². The Morgan fingerprint density at radius 2 is 1.80 bits per heavy atom. The Morgan fingerprint density at radius 1 is 1.03 bits per heavy atom. The molecule has 0 unspecified atom stereocenters. The number of ether oxygens (including phenoxy) is 1. The van der Waals surface area contributed by atoms with Gasteiger partial charge in [0.25, 0.3) is 6.71 Å². The van der Waals surface area contributed by atoms with Crippen molar-refractivity contribution in [1.82, 2.24) is 4.57 Å². The van der Waals surface area contributed by atoms with Crippen LogP contribution in [0.1, 0.15) is 45.6 Å².